The van der Waals surface area contributed by atoms with Crippen LogP contribution < -0.4 is 11.5 Å². The summed E-state index contributed by atoms with van der Waals surface area (Å²) in [5.74, 6) is -1.76. The van der Waals surface area contributed by atoms with Crippen molar-refractivity contribution in [3.63, 3.8) is 0 Å². The highest BCUT2D eigenvalue weighted by Gasteiger charge is 2.06. The quantitative estimate of drug-likeness (QED) is 0.631. The smallest absolute Gasteiger partial charge is 0.289 e. The minimum Gasteiger partial charge on any atom is -0.402 e. The molecule has 0 saturated heterocycles. The number of rotatable bonds is 5. The fourth-order valence-corrected chi connectivity index (χ4v) is 2.32. The van der Waals surface area contributed by atoms with Crippen LogP contribution in [0, 0.1) is 0 Å². The highest BCUT2D eigenvalue weighted by Crippen LogP contribution is 2.19. The second-order valence-electron chi connectivity index (χ2n) is 4.10. The van der Waals surface area contributed by atoms with Crippen molar-refractivity contribution in [1.29, 1.82) is 0 Å². The fraction of sp³-hybridized carbons (Fsp3) is 0.154. The number of amides is 1. The summed E-state index contributed by atoms with van der Waals surface area (Å²) in [5, 5.41) is 0. The number of aryl methyl sites for hydroxylation is 1. The first-order valence-electron chi connectivity index (χ1n) is 5.68. The van der Waals surface area contributed by atoms with Crippen LogP contribution in [0.1, 0.15) is 12.0 Å². The number of fused-ring (bicyclic) bond motifs is 1. The number of carbonyl (C=O) groups excluding carboxylic acids is 2. The zero-order valence-corrected chi connectivity index (χ0v) is 10.9. The molecule has 0 aliphatic rings. The summed E-state index contributed by atoms with van der Waals surface area (Å²) < 4.78 is 1.14. The highest BCUT2D eigenvalue weighted by atomic mass is 32.1. The maximum absolute atomic E-state index is 11.1. The lowest BCUT2D eigenvalue weighted by Gasteiger charge is -2.02. The van der Waals surface area contributed by atoms with Gasteiger partial charge in [0.15, 0.2) is 0 Å². The lowest BCUT2D eigenvalue weighted by atomic mass is 10.1. The van der Waals surface area contributed by atoms with E-state index in [9.17, 15) is 9.59 Å². The van der Waals surface area contributed by atoms with E-state index < -0.39 is 11.7 Å². The first-order valence-corrected chi connectivity index (χ1v) is 6.56. The van der Waals surface area contributed by atoms with Crippen LogP contribution in [0.15, 0.2) is 35.5 Å². The van der Waals surface area contributed by atoms with E-state index in [1.54, 1.807) is 16.8 Å². The summed E-state index contributed by atoms with van der Waals surface area (Å²) in [4.78, 5) is 25.9. The highest BCUT2D eigenvalue weighted by molar-refractivity contribution is 7.16. The van der Waals surface area contributed by atoms with Crippen molar-refractivity contribution in [3.8, 4) is 0 Å². The van der Waals surface area contributed by atoms with Gasteiger partial charge in [-0.2, -0.15) is 0 Å². The van der Waals surface area contributed by atoms with E-state index in [2.05, 4.69) is 4.98 Å². The monoisotopic (exact) mass is 275 g/mol. The average molecular weight is 275 g/mol. The van der Waals surface area contributed by atoms with Crippen LogP contribution in [-0.4, -0.2) is 16.7 Å². The predicted molar refractivity (Wildman–Crippen MR) is 74.4 cm³/mol. The van der Waals surface area contributed by atoms with Gasteiger partial charge in [0.25, 0.3) is 5.91 Å². The summed E-state index contributed by atoms with van der Waals surface area (Å²) in [6, 6.07) is 6.01. The summed E-state index contributed by atoms with van der Waals surface area (Å²) in [6.07, 6.45) is 2.26. The number of hydrogen-bond acceptors (Lipinski definition) is 5. The molecule has 0 atom stereocenters. The number of nitrogens with zero attached hydrogens (tertiary/aromatic N) is 1. The topological polar surface area (TPSA) is 99.1 Å². The molecule has 0 saturated carbocycles. The Kier molecular flexibility index (Phi) is 3.91. The van der Waals surface area contributed by atoms with Crippen LogP contribution in [0.2, 0.25) is 0 Å². The van der Waals surface area contributed by atoms with E-state index in [-0.39, 0.29) is 0 Å². The second-order valence-corrected chi connectivity index (χ2v) is 4.99. The Hall–Kier alpha value is -2.21. The molecular weight excluding hydrogens is 262 g/mol. The van der Waals surface area contributed by atoms with Gasteiger partial charge in [-0.1, -0.05) is 6.07 Å². The third-order valence-corrected chi connectivity index (χ3v) is 3.47. The average Bonchev–Trinajstić information content (AvgIpc) is 2.83. The molecule has 1 amide bonds. The number of nitrogens with two attached hydrogens (primary N) is 2. The van der Waals surface area contributed by atoms with Gasteiger partial charge in [-0.3, -0.25) is 9.59 Å². The number of hydrogen-bond donors (Lipinski definition) is 2. The predicted octanol–water partition coefficient (Wildman–Crippen LogP) is 1.13. The Balaban J connectivity index is 2.01. The van der Waals surface area contributed by atoms with Crippen molar-refractivity contribution in [2.45, 2.75) is 12.8 Å². The minimum absolute atomic E-state index is 0.349. The van der Waals surface area contributed by atoms with Gasteiger partial charge in [-0.05, 0) is 30.5 Å². The summed E-state index contributed by atoms with van der Waals surface area (Å²) >= 11 is 1.59. The molecule has 0 spiro atoms. The standard InChI is InChI=1S/C13H13N3O2S/c14-9(6-11(17)13(15)18)3-1-8-2-4-12-10(5-8)16-7-19-12/h2,4-7H,1,3,14H2,(H2,15,18)/b9-6-. The van der Waals surface area contributed by atoms with Crippen LogP contribution in [0.5, 0.6) is 0 Å². The fourth-order valence-electron chi connectivity index (χ4n) is 1.66. The molecule has 5 nitrogen and oxygen atoms in total. The van der Waals surface area contributed by atoms with E-state index in [4.69, 9.17) is 11.5 Å². The zero-order chi connectivity index (χ0) is 13.8. The first kappa shape index (κ1) is 13.2. The van der Waals surface area contributed by atoms with Crippen molar-refractivity contribution in [1.82, 2.24) is 4.98 Å². The van der Waals surface area contributed by atoms with Gasteiger partial charge < -0.3 is 11.5 Å². The van der Waals surface area contributed by atoms with Crippen LogP contribution in [0.3, 0.4) is 0 Å². The van der Waals surface area contributed by atoms with Gasteiger partial charge >= 0.3 is 0 Å². The third-order valence-electron chi connectivity index (χ3n) is 2.66. The van der Waals surface area contributed by atoms with Gasteiger partial charge in [0.05, 0.1) is 15.7 Å². The third kappa shape index (κ3) is 3.38. The molecule has 0 aliphatic carbocycles. The van der Waals surface area contributed by atoms with E-state index in [0.717, 1.165) is 21.9 Å². The van der Waals surface area contributed by atoms with Crippen molar-refractivity contribution >= 4 is 33.2 Å². The molecule has 1 heterocycles. The lowest BCUT2D eigenvalue weighted by molar-refractivity contribution is -0.133. The number of ketones is 1. The molecule has 19 heavy (non-hydrogen) atoms. The maximum atomic E-state index is 11.1. The molecule has 4 N–H and O–H groups in total. The Morgan fingerprint density at radius 2 is 2.11 bits per heavy atom. The maximum Gasteiger partial charge on any atom is 0.289 e. The van der Waals surface area contributed by atoms with Crippen LogP contribution in [-0.2, 0) is 16.0 Å². The van der Waals surface area contributed by atoms with Crippen molar-refractivity contribution in [2.24, 2.45) is 11.5 Å². The van der Waals surface area contributed by atoms with Crippen molar-refractivity contribution in [2.75, 3.05) is 0 Å². The SMILES string of the molecule is NC(=O)C(=O)/C=C(\N)CCc1ccc2scnc2c1. The van der Waals surface area contributed by atoms with Crippen molar-refractivity contribution in [3.05, 3.63) is 41.0 Å². The molecule has 0 fully saturated rings. The van der Waals surface area contributed by atoms with E-state index >= 15 is 0 Å². The summed E-state index contributed by atoms with van der Waals surface area (Å²) in [5.41, 5.74) is 14.7. The van der Waals surface area contributed by atoms with E-state index in [1.165, 1.54) is 0 Å². The van der Waals surface area contributed by atoms with Crippen LogP contribution in [0.4, 0.5) is 0 Å². The first-order chi connectivity index (χ1) is 9.06. The molecule has 2 rings (SSSR count). The van der Waals surface area contributed by atoms with Gasteiger partial charge in [0.2, 0.25) is 5.78 Å². The molecule has 6 heteroatoms. The molecule has 98 valence electrons. The summed E-state index contributed by atoms with van der Waals surface area (Å²) in [7, 11) is 0. The normalized spacial score (nSPS) is 11.7. The van der Waals surface area contributed by atoms with E-state index in [1.807, 2.05) is 18.2 Å². The van der Waals surface area contributed by atoms with Gasteiger partial charge in [-0.25, -0.2) is 4.98 Å². The summed E-state index contributed by atoms with van der Waals surface area (Å²) in [6.45, 7) is 0. The Morgan fingerprint density at radius 1 is 1.32 bits per heavy atom. The number of aromatic nitrogens is 1. The van der Waals surface area contributed by atoms with E-state index in [0.29, 0.717) is 18.5 Å². The largest absolute Gasteiger partial charge is 0.402 e. The zero-order valence-electron chi connectivity index (χ0n) is 10.1. The molecule has 2 aromatic rings. The van der Waals surface area contributed by atoms with Gasteiger partial charge in [0.1, 0.15) is 0 Å². The number of thiazole rings is 1. The Labute approximate surface area is 113 Å². The Morgan fingerprint density at radius 3 is 2.84 bits per heavy atom. The van der Waals surface area contributed by atoms with Gasteiger partial charge in [0, 0.05) is 11.8 Å². The molecule has 1 aromatic carbocycles. The van der Waals surface area contributed by atoms with Gasteiger partial charge in [-0.15, -0.1) is 11.3 Å². The molecule has 0 unspecified atom stereocenters. The molecule has 0 aliphatic heterocycles. The van der Waals surface area contributed by atoms with Crippen molar-refractivity contribution < 1.29 is 9.59 Å². The number of benzene rings is 1. The molecular formula is C13H13N3O2S. The molecule has 1 aromatic heterocycles. The molecule has 0 bridgehead atoms. The van der Waals surface area contributed by atoms with Crippen LogP contribution in [0.25, 0.3) is 10.2 Å². The van der Waals surface area contributed by atoms with Crippen LogP contribution >= 0.6 is 11.3 Å². The molecule has 0 radical (unpaired) electrons. The second kappa shape index (κ2) is 5.62. The number of allylic oxidation sites excluding steroid dienone is 1. The number of carbonyl (C=O) groups is 2. The lowest BCUT2D eigenvalue weighted by Crippen LogP contribution is -2.22. The number of primary amides is 1. The minimum atomic E-state index is -0.994. The Bertz CT molecular complexity index is 661.